The van der Waals surface area contributed by atoms with E-state index in [-0.39, 0.29) is 0 Å². The molecule has 0 radical (unpaired) electrons. The van der Waals surface area contributed by atoms with E-state index < -0.39 is 0 Å². The molecule has 0 bridgehead atoms. The van der Waals surface area contributed by atoms with E-state index in [9.17, 15) is 0 Å². The lowest BCUT2D eigenvalue weighted by atomic mass is 10.2. The molecule has 8 heteroatoms. The van der Waals surface area contributed by atoms with Crippen LogP contribution in [0.3, 0.4) is 0 Å². The first-order valence-corrected chi connectivity index (χ1v) is 7.58. The third-order valence-electron chi connectivity index (χ3n) is 2.96. The van der Waals surface area contributed by atoms with Crippen molar-refractivity contribution in [3.05, 3.63) is 64.3 Å². The van der Waals surface area contributed by atoms with Crippen LogP contribution < -0.4 is 10.6 Å². The Labute approximate surface area is 148 Å². The molecule has 24 heavy (non-hydrogen) atoms. The van der Waals surface area contributed by atoms with Crippen molar-refractivity contribution >= 4 is 46.3 Å². The monoisotopic (exact) mass is 356 g/mol. The van der Waals surface area contributed by atoms with Crippen molar-refractivity contribution in [1.29, 1.82) is 5.26 Å². The summed E-state index contributed by atoms with van der Waals surface area (Å²) in [5.41, 5.74) is 2.03. The highest BCUT2D eigenvalue weighted by Crippen LogP contribution is 2.24. The minimum atomic E-state index is 0.298. The molecule has 3 aromatic rings. The molecule has 0 unspecified atom stereocenters. The second-order valence-electron chi connectivity index (χ2n) is 4.76. The van der Waals surface area contributed by atoms with Gasteiger partial charge in [0.1, 0.15) is 0 Å². The van der Waals surface area contributed by atoms with E-state index >= 15 is 0 Å². The number of nitriles is 1. The van der Waals surface area contributed by atoms with Crippen molar-refractivity contribution in [3.8, 4) is 6.07 Å². The molecule has 6 nitrogen and oxygen atoms in total. The summed E-state index contributed by atoms with van der Waals surface area (Å²) in [7, 11) is 0. The molecule has 2 aromatic carbocycles. The average Bonchev–Trinajstić information content (AvgIpc) is 2.55. The minimum Gasteiger partial charge on any atom is -0.339 e. The number of rotatable bonds is 4. The van der Waals surface area contributed by atoms with Gasteiger partial charge in [-0.3, -0.25) is 0 Å². The smallest absolute Gasteiger partial charge is 0.249 e. The highest BCUT2D eigenvalue weighted by Gasteiger charge is 2.04. The summed E-state index contributed by atoms with van der Waals surface area (Å²) < 4.78 is 0. The van der Waals surface area contributed by atoms with E-state index in [0.29, 0.717) is 33.1 Å². The zero-order valence-electron chi connectivity index (χ0n) is 12.2. The molecule has 0 aliphatic heterocycles. The molecular weight excluding hydrogens is 347 g/mol. The molecule has 0 atom stereocenters. The largest absolute Gasteiger partial charge is 0.339 e. The maximum atomic E-state index is 8.81. The number of nitrogens with zero attached hydrogens (tertiary/aromatic N) is 4. The van der Waals surface area contributed by atoms with Crippen molar-refractivity contribution in [3.63, 3.8) is 0 Å². The van der Waals surface area contributed by atoms with E-state index in [1.54, 1.807) is 42.5 Å². The van der Waals surface area contributed by atoms with Crippen molar-refractivity contribution in [2.45, 2.75) is 0 Å². The number of anilines is 4. The van der Waals surface area contributed by atoms with Crippen LogP contribution in [0.5, 0.6) is 0 Å². The molecule has 0 aliphatic rings. The summed E-state index contributed by atoms with van der Waals surface area (Å²) in [6, 6.07) is 14.1. The van der Waals surface area contributed by atoms with Crippen LogP contribution in [-0.4, -0.2) is 15.2 Å². The summed E-state index contributed by atoms with van der Waals surface area (Å²) in [5.74, 6) is 0.803. The second kappa shape index (κ2) is 7.13. The van der Waals surface area contributed by atoms with Crippen LogP contribution in [0, 0.1) is 11.3 Å². The van der Waals surface area contributed by atoms with Crippen LogP contribution in [0.1, 0.15) is 5.56 Å². The first-order valence-electron chi connectivity index (χ1n) is 6.82. The molecule has 0 fully saturated rings. The molecule has 1 aromatic heterocycles. The van der Waals surface area contributed by atoms with Gasteiger partial charge < -0.3 is 10.6 Å². The Kier molecular flexibility index (Phi) is 4.75. The van der Waals surface area contributed by atoms with E-state index in [2.05, 4.69) is 31.9 Å². The molecule has 0 amide bonds. The van der Waals surface area contributed by atoms with E-state index in [1.165, 1.54) is 6.20 Å². The van der Waals surface area contributed by atoms with Crippen molar-refractivity contribution < 1.29 is 0 Å². The molecule has 0 saturated carbocycles. The topological polar surface area (TPSA) is 86.5 Å². The number of halogens is 2. The van der Waals surface area contributed by atoms with Gasteiger partial charge in [0.05, 0.1) is 17.8 Å². The van der Waals surface area contributed by atoms with Gasteiger partial charge in [0.2, 0.25) is 5.95 Å². The average molecular weight is 357 g/mol. The molecule has 0 saturated heterocycles. The lowest BCUT2D eigenvalue weighted by molar-refractivity contribution is 0.982. The number of hydrogen-bond acceptors (Lipinski definition) is 6. The van der Waals surface area contributed by atoms with Crippen LogP contribution in [0.15, 0.2) is 48.7 Å². The number of hydrogen-bond donors (Lipinski definition) is 2. The lowest BCUT2D eigenvalue weighted by Gasteiger charge is -2.08. The molecule has 1 heterocycles. The van der Waals surface area contributed by atoms with E-state index in [1.807, 2.05) is 0 Å². The van der Waals surface area contributed by atoms with Gasteiger partial charge in [-0.05, 0) is 42.5 Å². The summed E-state index contributed by atoms with van der Waals surface area (Å²) in [6.45, 7) is 0. The van der Waals surface area contributed by atoms with Gasteiger partial charge in [-0.1, -0.05) is 23.2 Å². The van der Waals surface area contributed by atoms with Gasteiger partial charge in [-0.25, -0.2) is 0 Å². The standard InChI is InChI=1S/C16H10Cl2N6/c17-11-5-12(18)7-14(6-11)22-16-23-15(9-20-24-16)21-13-3-1-10(8-19)2-4-13/h1-7,9H,(H2,21,22,23,24). The number of benzene rings is 2. The van der Waals surface area contributed by atoms with Crippen LogP contribution in [0.25, 0.3) is 0 Å². The van der Waals surface area contributed by atoms with Gasteiger partial charge in [-0.15, -0.1) is 5.10 Å². The van der Waals surface area contributed by atoms with Crippen LogP contribution >= 0.6 is 23.2 Å². The zero-order valence-corrected chi connectivity index (χ0v) is 13.7. The Morgan fingerprint density at radius 3 is 2.29 bits per heavy atom. The van der Waals surface area contributed by atoms with Crippen molar-refractivity contribution in [2.24, 2.45) is 0 Å². The normalized spacial score (nSPS) is 10.0. The fourth-order valence-electron chi connectivity index (χ4n) is 1.95. The molecule has 118 valence electrons. The second-order valence-corrected chi connectivity index (χ2v) is 5.64. The number of aromatic nitrogens is 3. The van der Waals surface area contributed by atoms with Crippen LogP contribution in [-0.2, 0) is 0 Å². The maximum absolute atomic E-state index is 8.81. The SMILES string of the molecule is N#Cc1ccc(Nc2cnnc(Nc3cc(Cl)cc(Cl)c3)n2)cc1. The Morgan fingerprint density at radius 2 is 1.62 bits per heavy atom. The Hall–Kier alpha value is -2.88. The Balaban J connectivity index is 1.77. The van der Waals surface area contributed by atoms with Gasteiger partial charge >= 0.3 is 0 Å². The maximum Gasteiger partial charge on any atom is 0.249 e. The van der Waals surface area contributed by atoms with Gasteiger partial charge in [0.15, 0.2) is 5.82 Å². The van der Waals surface area contributed by atoms with E-state index in [4.69, 9.17) is 28.5 Å². The van der Waals surface area contributed by atoms with E-state index in [0.717, 1.165) is 5.69 Å². The van der Waals surface area contributed by atoms with Crippen molar-refractivity contribution in [1.82, 2.24) is 15.2 Å². The highest BCUT2D eigenvalue weighted by atomic mass is 35.5. The summed E-state index contributed by atoms with van der Waals surface area (Å²) in [6.07, 6.45) is 1.49. The summed E-state index contributed by atoms with van der Waals surface area (Å²) >= 11 is 11.9. The van der Waals surface area contributed by atoms with Crippen LogP contribution in [0.4, 0.5) is 23.1 Å². The first kappa shape index (κ1) is 16.0. The van der Waals surface area contributed by atoms with Gasteiger partial charge in [0.25, 0.3) is 0 Å². The molecule has 0 spiro atoms. The Bertz CT molecular complexity index is 885. The van der Waals surface area contributed by atoms with Crippen LogP contribution in [0.2, 0.25) is 10.0 Å². The third kappa shape index (κ3) is 4.10. The summed E-state index contributed by atoms with van der Waals surface area (Å²) in [4.78, 5) is 4.32. The first-order chi connectivity index (χ1) is 11.6. The summed E-state index contributed by atoms with van der Waals surface area (Å²) in [5, 5.41) is 23.7. The molecular formula is C16H10Cl2N6. The van der Waals surface area contributed by atoms with Gasteiger partial charge in [0, 0.05) is 21.4 Å². The Morgan fingerprint density at radius 1 is 0.917 bits per heavy atom. The third-order valence-corrected chi connectivity index (χ3v) is 3.40. The minimum absolute atomic E-state index is 0.298. The zero-order chi connectivity index (χ0) is 16.9. The predicted octanol–water partition coefficient (Wildman–Crippen LogP) is 4.54. The fraction of sp³-hybridized carbons (Fsp3) is 0. The van der Waals surface area contributed by atoms with Crippen molar-refractivity contribution in [2.75, 3.05) is 10.6 Å². The molecule has 3 rings (SSSR count). The number of nitrogens with one attached hydrogen (secondary N) is 2. The molecule has 2 N–H and O–H groups in total. The van der Waals surface area contributed by atoms with Gasteiger partial charge in [-0.2, -0.15) is 15.3 Å². The fourth-order valence-corrected chi connectivity index (χ4v) is 2.47. The highest BCUT2D eigenvalue weighted by molar-refractivity contribution is 6.35. The molecule has 0 aliphatic carbocycles. The predicted molar refractivity (Wildman–Crippen MR) is 94.0 cm³/mol. The quantitative estimate of drug-likeness (QED) is 0.713. The lowest BCUT2D eigenvalue weighted by Crippen LogP contribution is -2.02.